The number of anilines is 1. The maximum atomic E-state index is 13.0. The number of amides is 2. The van der Waals surface area contributed by atoms with Crippen LogP contribution in [0.1, 0.15) is 5.56 Å². The van der Waals surface area contributed by atoms with Crippen molar-refractivity contribution in [2.75, 3.05) is 11.9 Å². The number of thioether (sulfide) groups is 1. The lowest BCUT2D eigenvalue weighted by atomic mass is 10.2. The molecule has 0 aliphatic carbocycles. The van der Waals surface area contributed by atoms with Gasteiger partial charge in [0.15, 0.2) is 0 Å². The van der Waals surface area contributed by atoms with Crippen LogP contribution in [0.4, 0.5) is 10.1 Å². The smallest absolute Gasteiger partial charge is 0.266 e. The van der Waals surface area contributed by atoms with E-state index in [-0.39, 0.29) is 24.2 Å². The molecular weight excluding hydrogens is 359 g/mol. The number of thiocarbonyl (C=S) groups is 1. The lowest BCUT2D eigenvalue weighted by Crippen LogP contribution is -2.36. The van der Waals surface area contributed by atoms with Gasteiger partial charge in [-0.1, -0.05) is 54.3 Å². The molecule has 0 aromatic heterocycles. The van der Waals surface area contributed by atoms with Gasteiger partial charge in [-0.3, -0.25) is 14.5 Å². The summed E-state index contributed by atoms with van der Waals surface area (Å²) < 4.78 is 13.3. The number of hydrogen-bond acceptors (Lipinski definition) is 4. The Morgan fingerprint density at radius 2 is 1.84 bits per heavy atom. The van der Waals surface area contributed by atoms with Gasteiger partial charge in [0, 0.05) is 5.69 Å². The first-order chi connectivity index (χ1) is 12.0. The maximum Gasteiger partial charge on any atom is 0.266 e. The Balaban J connectivity index is 1.69. The Morgan fingerprint density at radius 1 is 1.16 bits per heavy atom. The fourth-order valence-electron chi connectivity index (χ4n) is 2.21. The third-order valence-corrected chi connectivity index (χ3v) is 4.78. The summed E-state index contributed by atoms with van der Waals surface area (Å²) >= 11 is 6.33. The van der Waals surface area contributed by atoms with Crippen LogP contribution in [-0.2, 0) is 9.59 Å². The van der Waals surface area contributed by atoms with Gasteiger partial charge in [-0.25, -0.2) is 4.39 Å². The molecule has 0 spiro atoms. The van der Waals surface area contributed by atoms with E-state index in [1.165, 1.54) is 17.0 Å². The number of nitrogens with zero attached hydrogens (tertiary/aromatic N) is 1. The number of rotatable bonds is 4. The van der Waals surface area contributed by atoms with Crippen molar-refractivity contribution in [3.8, 4) is 0 Å². The minimum Gasteiger partial charge on any atom is -0.325 e. The summed E-state index contributed by atoms with van der Waals surface area (Å²) in [5.74, 6) is -1.00. The number of carbonyl (C=O) groups is 2. The quantitative estimate of drug-likeness (QED) is 0.657. The average Bonchev–Trinajstić information content (AvgIpc) is 2.85. The topological polar surface area (TPSA) is 49.4 Å². The SMILES string of the molecule is O=C(CN1C(=O)/C(=C\c2ccc(F)cc2)SC1=S)Nc1ccccc1. The highest BCUT2D eigenvalue weighted by atomic mass is 32.2. The third kappa shape index (κ3) is 4.32. The molecule has 4 nitrogen and oxygen atoms in total. The summed E-state index contributed by atoms with van der Waals surface area (Å²) in [5.41, 5.74) is 1.34. The van der Waals surface area contributed by atoms with Crippen molar-refractivity contribution in [3.63, 3.8) is 0 Å². The van der Waals surface area contributed by atoms with Crippen LogP contribution in [-0.4, -0.2) is 27.6 Å². The van der Waals surface area contributed by atoms with Gasteiger partial charge in [-0.05, 0) is 35.9 Å². The molecule has 1 aliphatic rings. The van der Waals surface area contributed by atoms with Crippen LogP contribution in [0.5, 0.6) is 0 Å². The second-order valence-corrected chi connectivity index (χ2v) is 6.91. The van der Waals surface area contributed by atoms with Crippen molar-refractivity contribution in [2.45, 2.75) is 0 Å². The predicted molar refractivity (Wildman–Crippen MR) is 101 cm³/mol. The lowest BCUT2D eigenvalue weighted by molar-refractivity contribution is -0.126. The summed E-state index contributed by atoms with van der Waals surface area (Å²) in [5, 5.41) is 2.72. The lowest BCUT2D eigenvalue weighted by Gasteiger charge is -2.14. The Morgan fingerprint density at radius 3 is 2.52 bits per heavy atom. The first-order valence-corrected chi connectivity index (χ1v) is 8.61. The minimum absolute atomic E-state index is 0.152. The summed E-state index contributed by atoms with van der Waals surface area (Å²) in [6.07, 6.45) is 1.63. The fraction of sp³-hybridized carbons (Fsp3) is 0.0556. The van der Waals surface area contributed by atoms with Crippen molar-refractivity contribution < 1.29 is 14.0 Å². The number of nitrogens with one attached hydrogen (secondary N) is 1. The average molecular weight is 372 g/mol. The van der Waals surface area contributed by atoms with Crippen molar-refractivity contribution in [2.24, 2.45) is 0 Å². The van der Waals surface area contributed by atoms with Crippen LogP contribution >= 0.6 is 24.0 Å². The molecule has 0 unspecified atom stereocenters. The second-order valence-electron chi connectivity index (χ2n) is 5.23. The van der Waals surface area contributed by atoms with E-state index in [1.807, 2.05) is 6.07 Å². The Bertz CT molecular complexity index is 851. The van der Waals surface area contributed by atoms with Gasteiger partial charge in [-0.15, -0.1) is 0 Å². The van der Waals surface area contributed by atoms with Gasteiger partial charge in [0.25, 0.3) is 5.91 Å². The highest BCUT2D eigenvalue weighted by molar-refractivity contribution is 8.26. The molecule has 1 saturated heterocycles. The van der Waals surface area contributed by atoms with E-state index in [0.29, 0.717) is 20.5 Å². The van der Waals surface area contributed by atoms with Gasteiger partial charge in [-0.2, -0.15) is 0 Å². The fourth-order valence-corrected chi connectivity index (χ4v) is 3.47. The van der Waals surface area contributed by atoms with Crippen LogP contribution in [0.2, 0.25) is 0 Å². The predicted octanol–water partition coefficient (Wildman–Crippen LogP) is 3.67. The van der Waals surface area contributed by atoms with E-state index in [4.69, 9.17) is 12.2 Å². The van der Waals surface area contributed by atoms with Crippen molar-refractivity contribution >= 4 is 51.9 Å². The molecule has 0 atom stereocenters. The number of hydrogen-bond donors (Lipinski definition) is 1. The molecular formula is C18H13FN2O2S2. The molecule has 1 aliphatic heterocycles. The molecule has 1 heterocycles. The van der Waals surface area contributed by atoms with Crippen molar-refractivity contribution in [1.29, 1.82) is 0 Å². The largest absolute Gasteiger partial charge is 0.325 e. The van der Waals surface area contributed by atoms with E-state index in [1.54, 1.807) is 42.5 Å². The molecule has 25 heavy (non-hydrogen) atoms. The maximum absolute atomic E-state index is 13.0. The standard InChI is InChI=1S/C18H13FN2O2S2/c19-13-8-6-12(7-9-13)10-15-17(23)21(18(24)25-15)11-16(22)20-14-4-2-1-3-5-14/h1-10H,11H2,(H,20,22)/b15-10+. The molecule has 2 amide bonds. The highest BCUT2D eigenvalue weighted by Gasteiger charge is 2.33. The van der Waals surface area contributed by atoms with Crippen LogP contribution in [0.15, 0.2) is 59.5 Å². The van der Waals surface area contributed by atoms with E-state index < -0.39 is 0 Å². The van der Waals surface area contributed by atoms with Crippen molar-refractivity contribution in [1.82, 2.24) is 4.90 Å². The normalized spacial score (nSPS) is 15.7. The molecule has 0 bridgehead atoms. The van der Waals surface area contributed by atoms with E-state index >= 15 is 0 Å². The van der Waals surface area contributed by atoms with E-state index in [2.05, 4.69) is 5.32 Å². The third-order valence-electron chi connectivity index (χ3n) is 3.40. The molecule has 3 rings (SSSR count). The molecule has 0 radical (unpaired) electrons. The van der Waals surface area contributed by atoms with Gasteiger partial charge < -0.3 is 5.32 Å². The highest BCUT2D eigenvalue weighted by Crippen LogP contribution is 2.32. The Kier molecular flexibility index (Phi) is 5.25. The molecule has 0 saturated carbocycles. The van der Waals surface area contributed by atoms with E-state index in [0.717, 1.165) is 11.8 Å². The van der Waals surface area contributed by atoms with Gasteiger partial charge in [0.1, 0.15) is 16.7 Å². The zero-order chi connectivity index (χ0) is 17.8. The molecule has 126 valence electrons. The first-order valence-electron chi connectivity index (χ1n) is 7.39. The summed E-state index contributed by atoms with van der Waals surface area (Å²) in [4.78, 5) is 26.3. The number of carbonyl (C=O) groups excluding carboxylic acids is 2. The minimum atomic E-state index is -0.345. The Labute approximate surface area is 153 Å². The second kappa shape index (κ2) is 7.58. The Hall–Kier alpha value is -2.51. The van der Waals surface area contributed by atoms with Crippen LogP contribution in [0.3, 0.4) is 0 Å². The molecule has 1 fully saturated rings. The van der Waals surface area contributed by atoms with Gasteiger partial charge in [0.2, 0.25) is 5.91 Å². The van der Waals surface area contributed by atoms with Gasteiger partial charge >= 0.3 is 0 Å². The van der Waals surface area contributed by atoms with Crippen LogP contribution in [0, 0.1) is 5.82 Å². The molecule has 1 N–H and O–H groups in total. The zero-order valence-corrected chi connectivity index (χ0v) is 14.6. The zero-order valence-electron chi connectivity index (χ0n) is 12.9. The monoisotopic (exact) mass is 372 g/mol. The van der Waals surface area contributed by atoms with Crippen molar-refractivity contribution in [3.05, 3.63) is 70.9 Å². The summed E-state index contributed by atoms with van der Waals surface area (Å²) in [6.45, 7) is -0.152. The van der Waals surface area contributed by atoms with E-state index in [9.17, 15) is 14.0 Å². The van der Waals surface area contributed by atoms with Crippen LogP contribution in [0.25, 0.3) is 6.08 Å². The molecule has 7 heteroatoms. The first kappa shape index (κ1) is 17.3. The number of benzene rings is 2. The summed E-state index contributed by atoms with van der Waals surface area (Å²) in [6, 6.07) is 14.8. The number of halogens is 1. The molecule has 2 aromatic rings. The molecule has 2 aromatic carbocycles. The summed E-state index contributed by atoms with van der Waals surface area (Å²) in [7, 11) is 0. The van der Waals surface area contributed by atoms with Crippen LogP contribution < -0.4 is 5.32 Å². The number of para-hydroxylation sites is 1. The van der Waals surface area contributed by atoms with Gasteiger partial charge in [0.05, 0.1) is 4.91 Å².